The Morgan fingerprint density at radius 1 is 1.33 bits per heavy atom. The van der Waals surface area contributed by atoms with Crippen molar-refractivity contribution in [3.05, 3.63) is 36.4 Å². The molecule has 1 rings (SSSR count). The van der Waals surface area contributed by atoms with Crippen LogP contribution in [0.4, 0.5) is 0 Å². The molecule has 0 aliphatic heterocycles. The number of rotatable bonds is 5. The van der Waals surface area contributed by atoms with E-state index >= 15 is 0 Å². The van der Waals surface area contributed by atoms with E-state index in [0.717, 1.165) is 11.3 Å². The SMILES string of the molecule is COc1cccc([CH]N(C(=O)C(C)C)N(C)C)c1. The van der Waals surface area contributed by atoms with Gasteiger partial charge in [0, 0.05) is 20.0 Å². The summed E-state index contributed by atoms with van der Waals surface area (Å²) in [6.07, 6.45) is 0. The molecule has 1 aromatic rings. The van der Waals surface area contributed by atoms with Crippen LogP contribution in [0, 0.1) is 12.5 Å². The zero-order chi connectivity index (χ0) is 13.7. The van der Waals surface area contributed by atoms with E-state index in [1.165, 1.54) is 0 Å². The Labute approximate surface area is 109 Å². The molecule has 0 spiro atoms. The fourth-order valence-corrected chi connectivity index (χ4v) is 1.50. The molecule has 0 aromatic heterocycles. The zero-order valence-corrected chi connectivity index (χ0v) is 11.7. The molecule has 0 fully saturated rings. The van der Waals surface area contributed by atoms with Gasteiger partial charge in [0.15, 0.2) is 0 Å². The molecule has 1 aromatic carbocycles. The summed E-state index contributed by atoms with van der Waals surface area (Å²) < 4.78 is 5.17. The lowest BCUT2D eigenvalue weighted by atomic mass is 10.1. The first-order valence-corrected chi connectivity index (χ1v) is 5.95. The smallest absolute Gasteiger partial charge is 0.240 e. The molecule has 99 valence electrons. The lowest BCUT2D eigenvalue weighted by molar-refractivity contribution is -0.144. The lowest BCUT2D eigenvalue weighted by Gasteiger charge is -2.30. The van der Waals surface area contributed by atoms with E-state index in [1.54, 1.807) is 17.1 Å². The number of carbonyl (C=O) groups is 1. The molecule has 1 amide bonds. The monoisotopic (exact) mass is 249 g/mol. The van der Waals surface area contributed by atoms with E-state index in [1.807, 2.05) is 58.8 Å². The first-order chi connectivity index (χ1) is 8.45. The highest BCUT2D eigenvalue weighted by Crippen LogP contribution is 2.17. The molecule has 0 bridgehead atoms. The fourth-order valence-electron chi connectivity index (χ4n) is 1.50. The van der Waals surface area contributed by atoms with Crippen LogP contribution in [0.1, 0.15) is 19.4 Å². The van der Waals surface area contributed by atoms with Gasteiger partial charge in [0.2, 0.25) is 5.91 Å². The Morgan fingerprint density at radius 2 is 2.00 bits per heavy atom. The first-order valence-electron chi connectivity index (χ1n) is 5.95. The Balaban J connectivity index is 2.86. The van der Waals surface area contributed by atoms with E-state index in [-0.39, 0.29) is 11.8 Å². The molecule has 0 saturated carbocycles. The second kappa shape index (κ2) is 6.40. The van der Waals surface area contributed by atoms with E-state index in [2.05, 4.69) is 0 Å². The van der Waals surface area contributed by atoms with Crippen LogP contribution in [-0.2, 0) is 4.79 Å². The van der Waals surface area contributed by atoms with Crippen LogP contribution in [0.25, 0.3) is 0 Å². The number of methoxy groups -OCH3 is 1. The third kappa shape index (κ3) is 3.74. The van der Waals surface area contributed by atoms with Gasteiger partial charge in [0.05, 0.1) is 13.7 Å². The van der Waals surface area contributed by atoms with Crippen molar-refractivity contribution in [3.63, 3.8) is 0 Å². The Hall–Kier alpha value is -1.55. The minimum Gasteiger partial charge on any atom is -0.497 e. The molecule has 1 radical (unpaired) electrons. The number of hydrogen-bond acceptors (Lipinski definition) is 3. The van der Waals surface area contributed by atoms with Crippen molar-refractivity contribution in [2.75, 3.05) is 21.2 Å². The number of benzene rings is 1. The number of amides is 1. The molecule has 0 heterocycles. The molecule has 0 N–H and O–H groups in total. The first kappa shape index (κ1) is 14.5. The van der Waals surface area contributed by atoms with Gasteiger partial charge >= 0.3 is 0 Å². The van der Waals surface area contributed by atoms with Crippen molar-refractivity contribution < 1.29 is 9.53 Å². The summed E-state index contributed by atoms with van der Waals surface area (Å²) in [6, 6.07) is 7.61. The molecule has 0 unspecified atom stereocenters. The van der Waals surface area contributed by atoms with Gasteiger partial charge in [-0.25, -0.2) is 5.01 Å². The second-order valence-electron chi connectivity index (χ2n) is 4.59. The quantitative estimate of drug-likeness (QED) is 0.750. The van der Waals surface area contributed by atoms with Crippen molar-refractivity contribution in [3.8, 4) is 5.75 Å². The molecular weight excluding hydrogens is 228 g/mol. The van der Waals surface area contributed by atoms with Gasteiger partial charge in [-0.05, 0) is 17.7 Å². The third-order valence-electron chi connectivity index (χ3n) is 2.52. The summed E-state index contributed by atoms with van der Waals surface area (Å²) in [7, 11) is 5.32. The number of carbonyl (C=O) groups excluding carboxylic acids is 1. The van der Waals surface area contributed by atoms with Crippen molar-refractivity contribution in [2.24, 2.45) is 5.92 Å². The van der Waals surface area contributed by atoms with E-state index in [9.17, 15) is 4.79 Å². The summed E-state index contributed by atoms with van der Waals surface area (Å²) in [4.78, 5) is 12.1. The highest BCUT2D eigenvalue weighted by atomic mass is 16.5. The summed E-state index contributed by atoms with van der Waals surface area (Å²) in [5.41, 5.74) is 0.928. The maximum atomic E-state index is 12.1. The number of nitrogens with zero attached hydrogens (tertiary/aromatic N) is 2. The van der Waals surface area contributed by atoms with Crippen molar-refractivity contribution in [1.82, 2.24) is 10.0 Å². The van der Waals surface area contributed by atoms with Gasteiger partial charge in [-0.3, -0.25) is 9.80 Å². The van der Waals surface area contributed by atoms with Gasteiger partial charge in [-0.1, -0.05) is 26.0 Å². The van der Waals surface area contributed by atoms with Crippen molar-refractivity contribution in [2.45, 2.75) is 13.8 Å². The van der Waals surface area contributed by atoms with Crippen LogP contribution in [0.15, 0.2) is 24.3 Å². The minimum atomic E-state index is -0.0470. The highest BCUT2D eigenvalue weighted by molar-refractivity contribution is 5.78. The van der Waals surface area contributed by atoms with Gasteiger partial charge in [0.1, 0.15) is 5.75 Å². The van der Waals surface area contributed by atoms with Crippen LogP contribution in [0.2, 0.25) is 0 Å². The van der Waals surface area contributed by atoms with Gasteiger partial charge in [-0.2, -0.15) is 0 Å². The van der Waals surface area contributed by atoms with Crippen LogP contribution in [-0.4, -0.2) is 37.1 Å². The molecule has 4 nitrogen and oxygen atoms in total. The van der Waals surface area contributed by atoms with Crippen molar-refractivity contribution in [1.29, 1.82) is 0 Å². The largest absolute Gasteiger partial charge is 0.497 e. The highest BCUT2D eigenvalue weighted by Gasteiger charge is 2.19. The number of hydrogen-bond donors (Lipinski definition) is 0. The average Bonchev–Trinajstić information content (AvgIpc) is 2.35. The standard InChI is InChI=1S/C14H21N2O2/c1-11(2)14(17)16(15(3)4)10-12-7-6-8-13(9-12)18-5/h6-11H,1-5H3. The van der Waals surface area contributed by atoms with Crippen molar-refractivity contribution >= 4 is 5.91 Å². The molecule has 0 saturated heterocycles. The second-order valence-corrected chi connectivity index (χ2v) is 4.59. The van der Waals surface area contributed by atoms with Gasteiger partial charge < -0.3 is 4.74 Å². The predicted octanol–water partition coefficient (Wildman–Crippen LogP) is 2.17. The Morgan fingerprint density at radius 3 is 2.50 bits per heavy atom. The topological polar surface area (TPSA) is 32.8 Å². The summed E-state index contributed by atoms with van der Waals surface area (Å²) in [6.45, 7) is 5.58. The zero-order valence-electron chi connectivity index (χ0n) is 11.7. The van der Waals surface area contributed by atoms with E-state index in [4.69, 9.17) is 4.74 Å². The lowest BCUT2D eigenvalue weighted by Crippen LogP contribution is -2.42. The fraction of sp³-hybridized carbons (Fsp3) is 0.429. The van der Waals surface area contributed by atoms with Crippen LogP contribution in [0.5, 0.6) is 5.75 Å². The Bertz CT molecular complexity index is 403. The summed E-state index contributed by atoms with van der Waals surface area (Å²) >= 11 is 0. The predicted molar refractivity (Wildman–Crippen MR) is 71.8 cm³/mol. The summed E-state index contributed by atoms with van der Waals surface area (Å²) in [5, 5.41) is 3.38. The van der Waals surface area contributed by atoms with Gasteiger partial charge in [-0.15, -0.1) is 0 Å². The average molecular weight is 249 g/mol. The number of hydrazine groups is 1. The third-order valence-corrected chi connectivity index (χ3v) is 2.52. The molecule has 4 heteroatoms. The molecule has 0 aliphatic carbocycles. The molecule has 18 heavy (non-hydrogen) atoms. The number of ether oxygens (including phenoxy) is 1. The van der Waals surface area contributed by atoms with E-state index in [0.29, 0.717) is 0 Å². The summed E-state index contributed by atoms with van der Waals surface area (Å²) in [5.74, 6) is 0.788. The normalized spacial score (nSPS) is 10.8. The van der Waals surface area contributed by atoms with Gasteiger partial charge in [0.25, 0.3) is 0 Å². The molecule has 0 aliphatic rings. The molecular formula is C14H21N2O2. The van der Waals surface area contributed by atoms with E-state index < -0.39 is 0 Å². The Kier molecular flexibility index (Phi) is 5.16. The maximum absolute atomic E-state index is 12.1. The van der Waals surface area contributed by atoms with Crippen LogP contribution in [0.3, 0.4) is 0 Å². The van der Waals surface area contributed by atoms with Crippen LogP contribution >= 0.6 is 0 Å². The van der Waals surface area contributed by atoms with Crippen LogP contribution < -0.4 is 4.74 Å². The molecule has 0 atom stereocenters. The maximum Gasteiger partial charge on any atom is 0.240 e. The minimum absolute atomic E-state index is 0.0470.